The molecule has 0 aromatic heterocycles. The Morgan fingerprint density at radius 3 is 2.20 bits per heavy atom. The van der Waals surface area contributed by atoms with E-state index in [9.17, 15) is 9.59 Å². The molecule has 2 aromatic carbocycles. The number of nitrogens with one attached hydrogen (secondary N) is 1. The van der Waals surface area contributed by atoms with E-state index in [1.165, 1.54) is 24.8 Å². The SMILES string of the molecule is CCC=[C-]NC(=O)C1CCC(CC)CC1.CCc1c(Br)cccc1C(C)=O.Cc1[c-]cccc1.[Na+]. The summed E-state index contributed by atoms with van der Waals surface area (Å²) in [4.78, 5) is 22.8. The predicted octanol–water partition coefficient (Wildman–Crippen LogP) is 5.06. The third-order valence-corrected chi connectivity index (χ3v) is 6.76. The maximum atomic E-state index is 11.7. The van der Waals surface area contributed by atoms with Crippen molar-refractivity contribution < 1.29 is 39.1 Å². The van der Waals surface area contributed by atoms with E-state index in [-0.39, 0.29) is 47.2 Å². The van der Waals surface area contributed by atoms with Crippen molar-refractivity contribution in [2.24, 2.45) is 11.8 Å². The van der Waals surface area contributed by atoms with E-state index in [1.807, 2.05) is 69.3 Å². The molecule has 1 aliphatic carbocycles. The monoisotopic (exact) mass is 548 g/mol. The average Bonchev–Trinajstić information content (AvgIpc) is 2.85. The molecule has 0 radical (unpaired) electrons. The van der Waals surface area contributed by atoms with Crippen LogP contribution in [0.15, 0.2) is 53.0 Å². The van der Waals surface area contributed by atoms with Crippen LogP contribution in [0.25, 0.3) is 0 Å². The number of benzene rings is 2. The van der Waals surface area contributed by atoms with Gasteiger partial charge in [0, 0.05) is 10.0 Å². The van der Waals surface area contributed by atoms with Gasteiger partial charge in [0.2, 0.25) is 0 Å². The van der Waals surface area contributed by atoms with Gasteiger partial charge in [-0.1, -0.05) is 94.3 Å². The van der Waals surface area contributed by atoms with Crippen LogP contribution in [-0.2, 0) is 11.2 Å². The summed E-state index contributed by atoms with van der Waals surface area (Å²) >= 11 is 3.42. The fourth-order valence-corrected chi connectivity index (χ4v) is 4.54. The molecule has 1 saturated carbocycles. The molecule has 1 amide bonds. The molecule has 1 fully saturated rings. The van der Waals surface area contributed by atoms with Crippen molar-refractivity contribution in [2.45, 2.75) is 79.6 Å². The number of amides is 1. The second-order valence-electron chi connectivity index (χ2n) is 8.59. The van der Waals surface area contributed by atoms with Gasteiger partial charge in [-0.3, -0.25) is 4.79 Å². The fraction of sp³-hybridized carbons (Fsp3) is 0.467. The molecule has 35 heavy (non-hydrogen) atoms. The molecular formula is C30H40BrNNaO2-. The van der Waals surface area contributed by atoms with Crippen LogP contribution in [0.3, 0.4) is 0 Å². The van der Waals surface area contributed by atoms with Gasteiger partial charge in [-0.25, -0.2) is 0 Å². The number of ketones is 1. The van der Waals surface area contributed by atoms with Crippen LogP contribution >= 0.6 is 15.9 Å². The smallest absolute Gasteiger partial charge is 0.496 e. The molecule has 5 heteroatoms. The Morgan fingerprint density at radius 1 is 1.09 bits per heavy atom. The molecule has 0 saturated heterocycles. The van der Waals surface area contributed by atoms with Crippen LogP contribution in [0.5, 0.6) is 0 Å². The van der Waals surface area contributed by atoms with E-state index < -0.39 is 0 Å². The summed E-state index contributed by atoms with van der Waals surface area (Å²) in [7, 11) is 0. The van der Waals surface area contributed by atoms with Gasteiger partial charge in [0.15, 0.2) is 5.78 Å². The number of rotatable bonds is 6. The van der Waals surface area contributed by atoms with E-state index in [2.05, 4.69) is 40.4 Å². The molecule has 186 valence electrons. The van der Waals surface area contributed by atoms with Crippen LogP contribution in [0, 0.1) is 31.0 Å². The van der Waals surface area contributed by atoms with Crippen LogP contribution in [0.2, 0.25) is 0 Å². The fourth-order valence-electron chi connectivity index (χ4n) is 3.89. The zero-order chi connectivity index (χ0) is 25.3. The molecule has 0 atom stereocenters. The van der Waals surface area contributed by atoms with Gasteiger partial charge < -0.3 is 10.1 Å². The van der Waals surface area contributed by atoms with E-state index in [1.54, 1.807) is 6.92 Å². The summed E-state index contributed by atoms with van der Waals surface area (Å²) in [5.41, 5.74) is 3.12. The summed E-state index contributed by atoms with van der Waals surface area (Å²) in [5, 5.41) is 2.74. The minimum Gasteiger partial charge on any atom is -0.496 e. The minimum absolute atomic E-state index is 0. The van der Waals surface area contributed by atoms with Gasteiger partial charge >= 0.3 is 29.6 Å². The molecule has 0 unspecified atom stereocenters. The summed E-state index contributed by atoms with van der Waals surface area (Å²) in [6, 6.07) is 16.7. The summed E-state index contributed by atoms with van der Waals surface area (Å²) in [6.45, 7) is 9.95. The van der Waals surface area contributed by atoms with Crippen LogP contribution in [0.1, 0.15) is 87.7 Å². The average molecular weight is 550 g/mol. The van der Waals surface area contributed by atoms with Gasteiger partial charge in [-0.15, -0.1) is 0 Å². The van der Waals surface area contributed by atoms with E-state index in [0.29, 0.717) is 0 Å². The van der Waals surface area contributed by atoms with Gasteiger partial charge in [0.1, 0.15) is 0 Å². The molecule has 1 aliphatic rings. The van der Waals surface area contributed by atoms with E-state index in [0.717, 1.165) is 47.2 Å². The number of Topliss-reactive ketones (excluding diaryl/α,β-unsaturated/α-hetero) is 1. The Hall–Kier alpha value is -1.20. The maximum absolute atomic E-state index is 11.7. The quantitative estimate of drug-likeness (QED) is 0.237. The number of aryl methyl sites for hydroxylation is 1. The van der Waals surface area contributed by atoms with Crippen molar-refractivity contribution in [3.63, 3.8) is 0 Å². The zero-order valence-corrected chi connectivity index (χ0v) is 26.0. The normalized spacial score (nSPS) is 16.6. The molecule has 2 aromatic rings. The van der Waals surface area contributed by atoms with E-state index >= 15 is 0 Å². The summed E-state index contributed by atoms with van der Waals surface area (Å²) in [5.74, 6) is 1.37. The molecule has 0 bridgehead atoms. The Morgan fingerprint density at radius 2 is 1.77 bits per heavy atom. The van der Waals surface area contributed by atoms with Crippen molar-refractivity contribution in [3.05, 3.63) is 82.0 Å². The number of carbonyl (C=O) groups is 2. The molecule has 3 rings (SSSR count). The predicted molar refractivity (Wildman–Crippen MR) is 146 cm³/mol. The Bertz CT molecular complexity index is 890. The van der Waals surface area contributed by atoms with Crippen LogP contribution < -0.4 is 34.9 Å². The van der Waals surface area contributed by atoms with Gasteiger partial charge in [-0.2, -0.15) is 48.2 Å². The topological polar surface area (TPSA) is 46.2 Å². The van der Waals surface area contributed by atoms with Crippen molar-refractivity contribution in [1.82, 2.24) is 5.32 Å². The number of carbonyl (C=O) groups excluding carboxylic acids is 2. The van der Waals surface area contributed by atoms with Crippen molar-refractivity contribution in [1.29, 1.82) is 0 Å². The Balaban J connectivity index is 0.000000517. The minimum atomic E-state index is 0. The number of hydrogen-bond acceptors (Lipinski definition) is 2. The molecule has 3 nitrogen and oxygen atoms in total. The Labute approximate surface area is 244 Å². The summed E-state index contributed by atoms with van der Waals surface area (Å²) < 4.78 is 1.03. The van der Waals surface area contributed by atoms with Gasteiger partial charge in [0.25, 0.3) is 0 Å². The number of allylic oxidation sites excluding steroid dienone is 1. The number of halogens is 1. The first-order chi connectivity index (χ1) is 16.3. The Kier molecular flexibility index (Phi) is 19.2. The molecule has 0 aliphatic heterocycles. The van der Waals surface area contributed by atoms with Crippen LogP contribution in [-0.4, -0.2) is 11.7 Å². The van der Waals surface area contributed by atoms with Gasteiger partial charge in [0.05, 0.1) is 5.91 Å². The van der Waals surface area contributed by atoms with Crippen molar-refractivity contribution in [3.8, 4) is 0 Å². The third-order valence-electron chi connectivity index (χ3n) is 6.01. The first-order valence-corrected chi connectivity index (χ1v) is 13.2. The first-order valence-electron chi connectivity index (χ1n) is 12.4. The second kappa shape index (κ2) is 19.9. The van der Waals surface area contributed by atoms with Crippen molar-refractivity contribution in [2.75, 3.05) is 0 Å². The molecule has 1 N–H and O–H groups in total. The number of hydrogen-bond donors (Lipinski definition) is 1. The molecule has 0 spiro atoms. The summed E-state index contributed by atoms with van der Waals surface area (Å²) in [6.07, 6.45) is 12.3. The van der Waals surface area contributed by atoms with E-state index in [4.69, 9.17) is 0 Å². The van der Waals surface area contributed by atoms with Gasteiger partial charge in [-0.05, 0) is 36.8 Å². The third kappa shape index (κ3) is 13.6. The van der Waals surface area contributed by atoms with Crippen molar-refractivity contribution >= 4 is 27.6 Å². The largest absolute Gasteiger partial charge is 1.00 e. The van der Waals surface area contributed by atoms with Crippen LogP contribution in [0.4, 0.5) is 0 Å². The standard InChI is InChI=1S/C13H22NO.C10H11BrO.C7H7.Na/c1-3-5-10-14-13(15)12-8-6-11(4-2)7-9-12;1-3-8-9(7(2)12)5-4-6-10(8)11;1-7-5-3-2-4-6-7;/h5,11-12H,3-4,6-9H2,1-2H3,(H,14,15);4-6H,3H2,1-2H3;2-5H,1H3;/q-1;;-1;+1. The maximum Gasteiger partial charge on any atom is 1.00 e. The zero-order valence-electron chi connectivity index (χ0n) is 22.4. The second-order valence-corrected chi connectivity index (χ2v) is 9.45. The molecule has 0 heterocycles. The molecular weight excluding hydrogens is 509 g/mol. The first kappa shape index (κ1) is 33.8.